The van der Waals surface area contributed by atoms with Gasteiger partial charge in [0.1, 0.15) is 0 Å². The van der Waals surface area contributed by atoms with E-state index in [4.69, 9.17) is 5.73 Å². The van der Waals surface area contributed by atoms with E-state index in [1.807, 2.05) is 13.1 Å². The molecule has 1 saturated carbocycles. The minimum Gasteiger partial charge on any atom is -0.330 e. The van der Waals surface area contributed by atoms with Crippen molar-refractivity contribution in [2.45, 2.75) is 52.4 Å². The maximum Gasteiger partial charge on any atom is 0.227 e. The number of rotatable bonds is 4. The molecular weight excluding hydrogens is 260 g/mol. The molecule has 3 heteroatoms. The summed E-state index contributed by atoms with van der Waals surface area (Å²) in [6.45, 7) is 4.76. The Kier molecular flexibility index (Phi) is 5.04. The van der Waals surface area contributed by atoms with Crippen LogP contribution in [0.5, 0.6) is 0 Å². The quantitative estimate of drug-likeness (QED) is 0.920. The average Bonchev–Trinajstić information content (AvgIpc) is 2.47. The zero-order chi connectivity index (χ0) is 15.5. The molecule has 1 aliphatic carbocycles. The maximum absolute atomic E-state index is 12.7. The molecule has 0 saturated heterocycles. The SMILES string of the molecule is Cc1ccc(N(C)C(=O)CC2(CN)CCCCC2)c(C)c1. The van der Waals surface area contributed by atoms with E-state index in [1.54, 1.807) is 4.90 Å². The summed E-state index contributed by atoms with van der Waals surface area (Å²) in [5.41, 5.74) is 9.42. The molecule has 2 rings (SSSR count). The first-order valence-electron chi connectivity index (χ1n) is 8.01. The van der Waals surface area contributed by atoms with Gasteiger partial charge in [-0.05, 0) is 50.3 Å². The molecule has 0 bridgehead atoms. The van der Waals surface area contributed by atoms with Crippen LogP contribution in [-0.2, 0) is 4.79 Å². The number of anilines is 1. The summed E-state index contributed by atoms with van der Waals surface area (Å²) in [5, 5.41) is 0. The van der Waals surface area contributed by atoms with Gasteiger partial charge in [0.05, 0.1) is 0 Å². The lowest BCUT2D eigenvalue weighted by Crippen LogP contribution is -2.39. The fourth-order valence-electron chi connectivity index (χ4n) is 3.51. The number of hydrogen-bond donors (Lipinski definition) is 1. The van der Waals surface area contributed by atoms with Crippen LogP contribution in [0.4, 0.5) is 5.69 Å². The van der Waals surface area contributed by atoms with Gasteiger partial charge in [0.2, 0.25) is 5.91 Å². The first-order chi connectivity index (χ1) is 9.97. The third kappa shape index (κ3) is 3.65. The van der Waals surface area contributed by atoms with E-state index in [-0.39, 0.29) is 11.3 Å². The molecule has 1 aromatic rings. The van der Waals surface area contributed by atoms with Crippen LogP contribution in [0.25, 0.3) is 0 Å². The van der Waals surface area contributed by atoms with Crippen LogP contribution in [0.15, 0.2) is 18.2 Å². The number of carbonyl (C=O) groups excluding carboxylic acids is 1. The monoisotopic (exact) mass is 288 g/mol. The molecule has 1 amide bonds. The smallest absolute Gasteiger partial charge is 0.227 e. The Bertz CT molecular complexity index is 504. The van der Waals surface area contributed by atoms with Crippen molar-refractivity contribution >= 4 is 11.6 Å². The summed E-state index contributed by atoms with van der Waals surface area (Å²) >= 11 is 0. The third-order valence-corrected chi connectivity index (χ3v) is 4.96. The third-order valence-electron chi connectivity index (χ3n) is 4.96. The molecule has 1 aliphatic rings. The fraction of sp³-hybridized carbons (Fsp3) is 0.611. The van der Waals surface area contributed by atoms with E-state index < -0.39 is 0 Å². The predicted octanol–water partition coefficient (Wildman–Crippen LogP) is 3.57. The lowest BCUT2D eigenvalue weighted by atomic mass is 9.71. The standard InChI is InChI=1S/C18H28N2O/c1-14-7-8-16(15(2)11-14)20(3)17(21)12-18(13-19)9-5-4-6-10-18/h7-8,11H,4-6,9-10,12-13,19H2,1-3H3. The van der Waals surface area contributed by atoms with Gasteiger partial charge < -0.3 is 10.6 Å². The Morgan fingerprint density at radius 1 is 1.24 bits per heavy atom. The summed E-state index contributed by atoms with van der Waals surface area (Å²) in [6, 6.07) is 6.22. The van der Waals surface area contributed by atoms with Gasteiger partial charge in [-0.1, -0.05) is 37.0 Å². The Balaban J connectivity index is 2.11. The summed E-state index contributed by atoms with van der Waals surface area (Å²) in [4.78, 5) is 14.5. The van der Waals surface area contributed by atoms with Gasteiger partial charge >= 0.3 is 0 Å². The minimum atomic E-state index is 0.0300. The molecule has 0 aromatic heterocycles. The van der Waals surface area contributed by atoms with Crippen molar-refractivity contribution in [3.63, 3.8) is 0 Å². The summed E-state index contributed by atoms with van der Waals surface area (Å²) in [7, 11) is 1.88. The van der Waals surface area contributed by atoms with Crippen LogP contribution in [0.3, 0.4) is 0 Å². The van der Waals surface area contributed by atoms with Crippen molar-refractivity contribution in [2.75, 3.05) is 18.5 Å². The van der Waals surface area contributed by atoms with Gasteiger partial charge in [0, 0.05) is 19.2 Å². The Morgan fingerprint density at radius 2 is 1.90 bits per heavy atom. The van der Waals surface area contributed by atoms with Gasteiger partial charge in [0.15, 0.2) is 0 Å². The molecule has 0 unspecified atom stereocenters. The second-order valence-corrected chi connectivity index (χ2v) is 6.68. The van der Waals surface area contributed by atoms with Crippen molar-refractivity contribution in [1.29, 1.82) is 0 Å². The number of carbonyl (C=O) groups is 1. The molecule has 116 valence electrons. The molecule has 3 nitrogen and oxygen atoms in total. The van der Waals surface area contributed by atoms with Crippen molar-refractivity contribution in [1.82, 2.24) is 0 Å². The molecular formula is C18H28N2O. The van der Waals surface area contributed by atoms with Crippen molar-refractivity contribution in [2.24, 2.45) is 11.1 Å². The minimum absolute atomic E-state index is 0.0300. The summed E-state index contributed by atoms with van der Waals surface area (Å²) in [5.74, 6) is 0.189. The number of aryl methyl sites for hydroxylation is 2. The van der Waals surface area contributed by atoms with Crippen LogP contribution in [-0.4, -0.2) is 19.5 Å². The topological polar surface area (TPSA) is 46.3 Å². The molecule has 21 heavy (non-hydrogen) atoms. The highest BCUT2D eigenvalue weighted by Gasteiger charge is 2.34. The van der Waals surface area contributed by atoms with Gasteiger partial charge in [-0.15, -0.1) is 0 Å². The van der Waals surface area contributed by atoms with Crippen molar-refractivity contribution < 1.29 is 4.79 Å². The normalized spacial score (nSPS) is 17.5. The Hall–Kier alpha value is -1.35. The van der Waals surface area contributed by atoms with E-state index >= 15 is 0 Å². The lowest BCUT2D eigenvalue weighted by Gasteiger charge is -2.37. The molecule has 0 spiro atoms. The zero-order valence-corrected chi connectivity index (χ0v) is 13.6. The predicted molar refractivity (Wildman–Crippen MR) is 88.5 cm³/mol. The van der Waals surface area contributed by atoms with E-state index in [0.717, 1.165) is 24.1 Å². The second-order valence-electron chi connectivity index (χ2n) is 6.68. The second kappa shape index (κ2) is 6.61. The van der Waals surface area contributed by atoms with Crippen LogP contribution < -0.4 is 10.6 Å². The maximum atomic E-state index is 12.7. The molecule has 1 fully saturated rings. The highest BCUT2D eigenvalue weighted by atomic mass is 16.2. The van der Waals surface area contributed by atoms with Crippen LogP contribution in [0.1, 0.15) is 49.7 Å². The first kappa shape index (κ1) is 16.0. The highest BCUT2D eigenvalue weighted by Crippen LogP contribution is 2.39. The molecule has 2 N–H and O–H groups in total. The van der Waals surface area contributed by atoms with E-state index in [0.29, 0.717) is 13.0 Å². The highest BCUT2D eigenvalue weighted by molar-refractivity contribution is 5.94. The van der Waals surface area contributed by atoms with Gasteiger partial charge in [-0.25, -0.2) is 0 Å². The first-order valence-corrected chi connectivity index (χ1v) is 8.01. The van der Waals surface area contributed by atoms with Gasteiger partial charge in [-0.2, -0.15) is 0 Å². The van der Waals surface area contributed by atoms with Crippen LogP contribution in [0.2, 0.25) is 0 Å². The largest absolute Gasteiger partial charge is 0.330 e. The van der Waals surface area contributed by atoms with Gasteiger partial charge in [-0.3, -0.25) is 4.79 Å². The number of nitrogens with two attached hydrogens (primary N) is 1. The number of benzene rings is 1. The summed E-state index contributed by atoms with van der Waals surface area (Å²) < 4.78 is 0. The van der Waals surface area contributed by atoms with Crippen LogP contribution in [0, 0.1) is 19.3 Å². The van der Waals surface area contributed by atoms with Crippen LogP contribution >= 0.6 is 0 Å². The number of nitrogens with zero attached hydrogens (tertiary/aromatic N) is 1. The average molecular weight is 288 g/mol. The molecule has 0 aliphatic heterocycles. The number of amides is 1. The Labute approximate surface area is 128 Å². The zero-order valence-electron chi connectivity index (χ0n) is 13.6. The van der Waals surface area contributed by atoms with Crippen molar-refractivity contribution in [3.8, 4) is 0 Å². The fourth-order valence-corrected chi connectivity index (χ4v) is 3.51. The van der Waals surface area contributed by atoms with E-state index in [1.165, 1.54) is 24.8 Å². The molecule has 0 radical (unpaired) electrons. The summed E-state index contributed by atoms with van der Waals surface area (Å²) in [6.07, 6.45) is 6.46. The molecule has 1 aromatic carbocycles. The molecule has 0 heterocycles. The van der Waals surface area contributed by atoms with Crippen molar-refractivity contribution in [3.05, 3.63) is 29.3 Å². The lowest BCUT2D eigenvalue weighted by molar-refractivity contribution is -0.121. The van der Waals surface area contributed by atoms with E-state index in [9.17, 15) is 4.79 Å². The van der Waals surface area contributed by atoms with Gasteiger partial charge in [0.25, 0.3) is 0 Å². The van der Waals surface area contributed by atoms with E-state index in [2.05, 4.69) is 26.0 Å². The Morgan fingerprint density at radius 3 is 2.48 bits per heavy atom. The number of hydrogen-bond acceptors (Lipinski definition) is 2. The molecule has 0 atom stereocenters.